The van der Waals surface area contributed by atoms with Crippen molar-refractivity contribution < 1.29 is 4.74 Å². The molecular formula is C20H20N2O. The smallest absolute Gasteiger partial charge is 0.119 e. The van der Waals surface area contributed by atoms with Gasteiger partial charge < -0.3 is 9.30 Å². The zero-order valence-electron chi connectivity index (χ0n) is 13.4. The van der Waals surface area contributed by atoms with Crippen LogP contribution in [-0.4, -0.2) is 17.9 Å². The summed E-state index contributed by atoms with van der Waals surface area (Å²) in [5, 5.41) is 0. The fourth-order valence-electron chi connectivity index (χ4n) is 2.37. The monoisotopic (exact) mass is 304 g/mol. The molecule has 3 aromatic rings. The summed E-state index contributed by atoms with van der Waals surface area (Å²) in [6.07, 6.45) is 7.03. The van der Waals surface area contributed by atoms with Crippen LogP contribution >= 0.6 is 0 Å². The fourth-order valence-corrected chi connectivity index (χ4v) is 2.37. The minimum Gasteiger partial charge on any atom is -0.497 e. The molecule has 23 heavy (non-hydrogen) atoms. The Kier molecular flexibility index (Phi) is 4.57. The van der Waals surface area contributed by atoms with Crippen LogP contribution in [0.3, 0.4) is 0 Å². The lowest BCUT2D eigenvalue weighted by Gasteiger charge is -2.04. The van der Waals surface area contributed by atoms with Crippen molar-refractivity contribution in [1.82, 2.24) is 4.57 Å². The molecule has 1 heterocycles. The van der Waals surface area contributed by atoms with Crippen LogP contribution in [0.5, 0.6) is 5.75 Å². The van der Waals surface area contributed by atoms with E-state index in [1.54, 1.807) is 7.11 Å². The molecule has 0 aliphatic carbocycles. The quantitative estimate of drug-likeness (QED) is 0.622. The first kappa shape index (κ1) is 15.1. The van der Waals surface area contributed by atoms with Crippen LogP contribution in [0.4, 0.5) is 5.69 Å². The van der Waals surface area contributed by atoms with Gasteiger partial charge in [-0.2, -0.15) is 0 Å². The van der Waals surface area contributed by atoms with Gasteiger partial charge in [0.05, 0.1) is 12.8 Å². The molecule has 116 valence electrons. The maximum Gasteiger partial charge on any atom is 0.119 e. The van der Waals surface area contributed by atoms with Crippen molar-refractivity contribution in [2.45, 2.75) is 13.3 Å². The summed E-state index contributed by atoms with van der Waals surface area (Å²) in [6, 6.07) is 18.4. The van der Waals surface area contributed by atoms with E-state index in [0.29, 0.717) is 0 Å². The number of benzene rings is 2. The van der Waals surface area contributed by atoms with Crippen LogP contribution < -0.4 is 4.74 Å². The van der Waals surface area contributed by atoms with Gasteiger partial charge in [-0.1, -0.05) is 19.1 Å². The number of hydrogen-bond acceptors (Lipinski definition) is 2. The summed E-state index contributed by atoms with van der Waals surface area (Å²) in [5.74, 6) is 0.859. The van der Waals surface area contributed by atoms with E-state index < -0.39 is 0 Å². The molecule has 0 saturated heterocycles. The molecule has 0 N–H and O–H groups in total. The predicted octanol–water partition coefficient (Wildman–Crippen LogP) is 4.80. The minimum absolute atomic E-state index is 0.859. The Balaban J connectivity index is 1.74. The maximum atomic E-state index is 5.18. The molecule has 0 bridgehead atoms. The number of nitrogens with zero attached hydrogens (tertiary/aromatic N) is 2. The highest BCUT2D eigenvalue weighted by atomic mass is 16.5. The third-order valence-corrected chi connectivity index (χ3v) is 3.79. The molecule has 0 aliphatic rings. The van der Waals surface area contributed by atoms with Crippen LogP contribution in [0, 0.1) is 0 Å². The standard InChI is InChI=1S/C20H20N2O/c1-3-16-4-6-18(7-5-16)21-14-17-12-13-22(15-17)19-8-10-20(23-2)11-9-19/h4-15H,3H2,1-2H3. The largest absolute Gasteiger partial charge is 0.497 e. The van der Waals surface area contributed by atoms with Gasteiger partial charge in [-0.05, 0) is 54.4 Å². The molecule has 0 unspecified atom stereocenters. The molecule has 0 amide bonds. The Hall–Kier alpha value is -2.81. The molecule has 0 aliphatic heterocycles. The van der Waals surface area contributed by atoms with E-state index in [1.165, 1.54) is 5.56 Å². The van der Waals surface area contributed by atoms with Crippen LogP contribution in [0.2, 0.25) is 0 Å². The summed E-state index contributed by atoms with van der Waals surface area (Å²) in [5.41, 5.74) is 4.46. The number of aromatic nitrogens is 1. The first-order chi connectivity index (χ1) is 11.3. The Labute approximate surface area is 136 Å². The molecule has 3 rings (SSSR count). The SMILES string of the molecule is CCc1ccc(N=Cc2ccn(-c3ccc(OC)cc3)c2)cc1. The third-order valence-electron chi connectivity index (χ3n) is 3.79. The number of ether oxygens (including phenoxy) is 1. The number of methoxy groups -OCH3 is 1. The summed E-state index contributed by atoms with van der Waals surface area (Å²) >= 11 is 0. The minimum atomic E-state index is 0.859. The average molecular weight is 304 g/mol. The molecule has 0 fully saturated rings. The van der Waals surface area contributed by atoms with Gasteiger partial charge in [0, 0.05) is 29.9 Å². The molecule has 2 aromatic carbocycles. The van der Waals surface area contributed by atoms with E-state index in [2.05, 4.69) is 46.9 Å². The summed E-state index contributed by atoms with van der Waals surface area (Å²) in [4.78, 5) is 4.53. The van der Waals surface area contributed by atoms with Gasteiger partial charge in [-0.25, -0.2) is 0 Å². The Bertz CT molecular complexity index is 783. The Morgan fingerprint density at radius 1 is 1.00 bits per heavy atom. The van der Waals surface area contributed by atoms with Gasteiger partial charge in [0.2, 0.25) is 0 Å². The second-order valence-corrected chi connectivity index (χ2v) is 5.33. The lowest BCUT2D eigenvalue weighted by Crippen LogP contribution is -1.90. The maximum absolute atomic E-state index is 5.18. The topological polar surface area (TPSA) is 26.5 Å². The zero-order valence-corrected chi connectivity index (χ0v) is 13.4. The van der Waals surface area contributed by atoms with Gasteiger partial charge in [0.1, 0.15) is 5.75 Å². The van der Waals surface area contributed by atoms with Crippen molar-refractivity contribution in [1.29, 1.82) is 0 Å². The van der Waals surface area contributed by atoms with Gasteiger partial charge in [-0.3, -0.25) is 4.99 Å². The number of hydrogen-bond donors (Lipinski definition) is 0. The van der Waals surface area contributed by atoms with Crippen molar-refractivity contribution >= 4 is 11.9 Å². The van der Waals surface area contributed by atoms with Crippen molar-refractivity contribution in [2.24, 2.45) is 4.99 Å². The van der Waals surface area contributed by atoms with Crippen molar-refractivity contribution in [2.75, 3.05) is 7.11 Å². The van der Waals surface area contributed by atoms with Crippen LogP contribution in [0.1, 0.15) is 18.1 Å². The second-order valence-electron chi connectivity index (χ2n) is 5.33. The van der Waals surface area contributed by atoms with Crippen molar-refractivity contribution in [3.05, 3.63) is 78.1 Å². The Morgan fingerprint density at radius 3 is 2.39 bits per heavy atom. The third kappa shape index (κ3) is 3.69. The molecule has 0 spiro atoms. The highest BCUT2D eigenvalue weighted by molar-refractivity contribution is 5.81. The molecular weight excluding hydrogens is 284 g/mol. The van der Waals surface area contributed by atoms with Crippen LogP contribution in [0.15, 0.2) is 72.0 Å². The fraction of sp³-hybridized carbons (Fsp3) is 0.150. The first-order valence-corrected chi connectivity index (χ1v) is 7.74. The first-order valence-electron chi connectivity index (χ1n) is 7.74. The highest BCUT2D eigenvalue weighted by Crippen LogP contribution is 2.17. The summed E-state index contributed by atoms with van der Waals surface area (Å²) < 4.78 is 7.25. The van der Waals surface area contributed by atoms with E-state index in [0.717, 1.165) is 29.1 Å². The lowest BCUT2D eigenvalue weighted by molar-refractivity contribution is 0.415. The molecule has 0 saturated carbocycles. The highest BCUT2D eigenvalue weighted by Gasteiger charge is 1.99. The van der Waals surface area contributed by atoms with E-state index in [-0.39, 0.29) is 0 Å². The molecule has 3 nitrogen and oxygen atoms in total. The van der Waals surface area contributed by atoms with Crippen molar-refractivity contribution in [3.63, 3.8) is 0 Å². The van der Waals surface area contributed by atoms with Gasteiger partial charge in [0.15, 0.2) is 0 Å². The number of aliphatic imine (C=N–C) groups is 1. The molecule has 0 atom stereocenters. The Morgan fingerprint density at radius 2 is 1.74 bits per heavy atom. The summed E-state index contributed by atoms with van der Waals surface area (Å²) in [6.45, 7) is 2.15. The normalized spacial score (nSPS) is 11.0. The molecule has 3 heteroatoms. The van der Waals surface area contributed by atoms with Crippen LogP contribution in [0.25, 0.3) is 5.69 Å². The van der Waals surface area contributed by atoms with E-state index in [4.69, 9.17) is 4.74 Å². The van der Waals surface area contributed by atoms with Gasteiger partial charge >= 0.3 is 0 Å². The van der Waals surface area contributed by atoms with E-state index in [1.807, 2.05) is 42.7 Å². The number of aryl methyl sites for hydroxylation is 1. The van der Waals surface area contributed by atoms with Crippen molar-refractivity contribution in [3.8, 4) is 11.4 Å². The van der Waals surface area contributed by atoms with Crippen LogP contribution in [-0.2, 0) is 6.42 Å². The van der Waals surface area contributed by atoms with Gasteiger partial charge in [-0.15, -0.1) is 0 Å². The average Bonchev–Trinajstić information content (AvgIpc) is 3.09. The predicted molar refractivity (Wildman–Crippen MR) is 95.4 cm³/mol. The lowest BCUT2D eigenvalue weighted by atomic mass is 10.1. The van der Waals surface area contributed by atoms with Gasteiger partial charge in [0.25, 0.3) is 0 Å². The summed E-state index contributed by atoms with van der Waals surface area (Å²) in [7, 11) is 1.67. The zero-order chi connectivity index (χ0) is 16.1. The second kappa shape index (κ2) is 6.97. The number of rotatable bonds is 5. The van der Waals surface area contributed by atoms with E-state index >= 15 is 0 Å². The molecule has 0 radical (unpaired) electrons. The van der Waals surface area contributed by atoms with E-state index in [9.17, 15) is 0 Å². The molecule has 1 aromatic heterocycles.